The number of nitrogens with zero attached hydrogens (tertiary/aromatic N) is 8. The van der Waals surface area contributed by atoms with Crippen LogP contribution in [0.2, 0.25) is 10.2 Å². The van der Waals surface area contributed by atoms with E-state index in [1.54, 1.807) is 0 Å². The number of nitriles is 1. The van der Waals surface area contributed by atoms with Gasteiger partial charge in [0.15, 0.2) is 17.3 Å². The van der Waals surface area contributed by atoms with Crippen LogP contribution in [0.3, 0.4) is 0 Å². The van der Waals surface area contributed by atoms with Crippen molar-refractivity contribution in [2.75, 3.05) is 5.32 Å². The second-order valence-corrected chi connectivity index (χ2v) is 7.03. The number of carbonyl (C=O) groups is 1. The zero-order chi connectivity index (χ0) is 23.8. The zero-order valence-corrected chi connectivity index (χ0v) is 17.4. The molecule has 0 spiro atoms. The number of anilines is 1. The molecule has 15 heteroatoms. The van der Waals surface area contributed by atoms with E-state index < -0.39 is 29.2 Å². The Bertz CT molecular complexity index is 1390. The van der Waals surface area contributed by atoms with Crippen LogP contribution in [-0.4, -0.2) is 40.6 Å². The summed E-state index contributed by atoms with van der Waals surface area (Å²) in [5.74, 6) is -1.48. The van der Waals surface area contributed by atoms with Crippen LogP contribution in [0, 0.1) is 11.3 Å². The summed E-state index contributed by atoms with van der Waals surface area (Å²) in [6, 6.07) is 5.62. The minimum Gasteiger partial charge on any atom is -0.320 e. The molecule has 4 aromatic rings. The number of hydrogen-bond acceptors (Lipinski definition) is 7. The average molecular weight is 494 g/mol. The molecule has 0 aliphatic carbocycles. The van der Waals surface area contributed by atoms with Gasteiger partial charge in [0.05, 0.1) is 41.1 Å². The minimum atomic E-state index is -5.00. The van der Waals surface area contributed by atoms with Gasteiger partial charge in [-0.3, -0.25) is 4.79 Å². The number of pyridine rings is 2. The molecule has 0 saturated carbocycles. The highest BCUT2D eigenvalue weighted by Crippen LogP contribution is 2.35. The lowest BCUT2D eigenvalue weighted by molar-refractivity contribution is -0.143. The maximum atomic E-state index is 13.9. The minimum absolute atomic E-state index is 0.0225. The van der Waals surface area contributed by atoms with E-state index in [1.807, 2.05) is 6.07 Å². The normalized spacial score (nSPS) is 11.3. The van der Waals surface area contributed by atoms with Gasteiger partial charge < -0.3 is 5.32 Å². The van der Waals surface area contributed by atoms with Crippen LogP contribution in [0.15, 0.2) is 43.0 Å². The van der Waals surface area contributed by atoms with Gasteiger partial charge in [0, 0.05) is 0 Å². The van der Waals surface area contributed by atoms with Crippen molar-refractivity contribution in [2.45, 2.75) is 6.18 Å². The quantitative estimate of drug-likeness (QED) is 0.429. The number of amides is 1. The third-order valence-corrected chi connectivity index (χ3v) is 4.64. The molecule has 0 aliphatic heterocycles. The van der Waals surface area contributed by atoms with Gasteiger partial charge in [0.2, 0.25) is 0 Å². The summed E-state index contributed by atoms with van der Waals surface area (Å²) in [5, 5.41) is 22.7. The summed E-state index contributed by atoms with van der Waals surface area (Å²) in [5.41, 5.74) is -2.28. The van der Waals surface area contributed by atoms with Gasteiger partial charge in [-0.2, -0.15) is 33.7 Å². The first-order valence-electron chi connectivity index (χ1n) is 8.75. The van der Waals surface area contributed by atoms with Crippen molar-refractivity contribution in [2.24, 2.45) is 0 Å². The van der Waals surface area contributed by atoms with Crippen LogP contribution in [0.25, 0.3) is 11.6 Å². The Labute approximate surface area is 192 Å². The van der Waals surface area contributed by atoms with Crippen LogP contribution in [0.4, 0.5) is 18.9 Å². The second-order valence-electron chi connectivity index (χ2n) is 6.24. The van der Waals surface area contributed by atoms with Crippen molar-refractivity contribution < 1.29 is 18.0 Å². The van der Waals surface area contributed by atoms with Crippen molar-refractivity contribution in [1.82, 2.24) is 34.7 Å². The monoisotopic (exact) mass is 493 g/mol. The van der Waals surface area contributed by atoms with Crippen molar-refractivity contribution >= 4 is 34.8 Å². The van der Waals surface area contributed by atoms with Crippen LogP contribution < -0.4 is 5.32 Å². The Kier molecular flexibility index (Phi) is 5.71. The topological polar surface area (TPSA) is 127 Å². The number of halogens is 5. The molecule has 0 atom stereocenters. The van der Waals surface area contributed by atoms with E-state index in [0.717, 1.165) is 17.2 Å². The maximum Gasteiger partial charge on any atom is 0.434 e. The highest BCUT2D eigenvalue weighted by Gasteiger charge is 2.41. The molecule has 4 aromatic heterocycles. The first-order valence-corrected chi connectivity index (χ1v) is 9.50. The molecule has 0 bridgehead atoms. The Balaban J connectivity index is 1.72. The SMILES string of the molecule is N#Cc1cc(NC(=O)c2cnn(-c3nc(Cl)ccc3Cl)c2C(F)(F)F)cnc1-n1nccn1. The van der Waals surface area contributed by atoms with Gasteiger partial charge >= 0.3 is 6.18 Å². The predicted molar refractivity (Wildman–Crippen MR) is 108 cm³/mol. The van der Waals surface area contributed by atoms with Crippen LogP contribution in [0.1, 0.15) is 21.6 Å². The lowest BCUT2D eigenvalue weighted by atomic mass is 10.2. The van der Waals surface area contributed by atoms with Crippen LogP contribution >= 0.6 is 23.2 Å². The number of hydrogen-bond donors (Lipinski definition) is 1. The van der Waals surface area contributed by atoms with Crippen LogP contribution in [-0.2, 0) is 6.18 Å². The summed E-state index contributed by atoms with van der Waals surface area (Å²) < 4.78 is 42.0. The molecular weight excluding hydrogens is 486 g/mol. The summed E-state index contributed by atoms with van der Waals surface area (Å²) in [4.78, 5) is 21.6. The molecule has 0 fully saturated rings. The number of aromatic nitrogens is 7. The van der Waals surface area contributed by atoms with Gasteiger partial charge in [-0.1, -0.05) is 23.2 Å². The molecular formula is C18H8Cl2F3N9O. The van der Waals surface area contributed by atoms with Gasteiger partial charge in [-0.15, -0.1) is 4.80 Å². The molecule has 0 aliphatic rings. The molecule has 1 N–H and O–H groups in total. The van der Waals surface area contributed by atoms with E-state index in [2.05, 4.69) is 30.6 Å². The molecule has 0 radical (unpaired) electrons. The molecule has 4 rings (SSSR count). The molecule has 0 aromatic carbocycles. The Morgan fingerprint density at radius 2 is 1.82 bits per heavy atom. The lowest BCUT2D eigenvalue weighted by Crippen LogP contribution is -2.21. The summed E-state index contributed by atoms with van der Waals surface area (Å²) >= 11 is 11.7. The molecule has 33 heavy (non-hydrogen) atoms. The number of rotatable bonds is 4. The highest BCUT2D eigenvalue weighted by atomic mass is 35.5. The van der Waals surface area contributed by atoms with Crippen LogP contribution in [0.5, 0.6) is 0 Å². The van der Waals surface area contributed by atoms with E-state index >= 15 is 0 Å². The Morgan fingerprint density at radius 1 is 1.09 bits per heavy atom. The molecule has 0 saturated heterocycles. The maximum absolute atomic E-state index is 13.9. The Morgan fingerprint density at radius 3 is 2.48 bits per heavy atom. The predicted octanol–water partition coefficient (Wildman–Crippen LogP) is 3.69. The van der Waals surface area contributed by atoms with Crippen molar-refractivity contribution in [3.63, 3.8) is 0 Å². The fourth-order valence-corrected chi connectivity index (χ4v) is 3.12. The first-order chi connectivity index (χ1) is 15.7. The van der Waals surface area contributed by atoms with Crippen molar-refractivity contribution in [3.8, 4) is 17.7 Å². The molecule has 0 unspecified atom stereocenters. The van der Waals surface area contributed by atoms with E-state index in [-0.39, 0.29) is 27.2 Å². The van der Waals surface area contributed by atoms with E-state index in [9.17, 15) is 23.2 Å². The smallest absolute Gasteiger partial charge is 0.320 e. The molecule has 1 amide bonds. The number of alkyl halides is 3. The third kappa shape index (κ3) is 4.34. The van der Waals surface area contributed by atoms with Gasteiger partial charge in [0.1, 0.15) is 16.8 Å². The molecule has 10 nitrogen and oxygen atoms in total. The first kappa shape index (κ1) is 22.2. The third-order valence-electron chi connectivity index (χ3n) is 4.13. The largest absolute Gasteiger partial charge is 0.434 e. The highest BCUT2D eigenvalue weighted by molar-refractivity contribution is 6.33. The van der Waals surface area contributed by atoms with Crippen molar-refractivity contribution in [1.29, 1.82) is 5.26 Å². The number of carbonyl (C=O) groups excluding carboxylic acids is 1. The lowest BCUT2D eigenvalue weighted by Gasteiger charge is -2.13. The second kappa shape index (κ2) is 8.49. The van der Waals surface area contributed by atoms with E-state index in [4.69, 9.17) is 23.2 Å². The van der Waals surface area contributed by atoms with Crippen molar-refractivity contribution in [3.05, 3.63) is 70.0 Å². The Hall–Kier alpha value is -4.02. The van der Waals surface area contributed by atoms with E-state index in [0.29, 0.717) is 4.68 Å². The summed E-state index contributed by atoms with van der Waals surface area (Å²) in [6.07, 6.45) is -0.393. The fraction of sp³-hybridized carbons (Fsp3) is 0.0556. The summed E-state index contributed by atoms with van der Waals surface area (Å²) in [7, 11) is 0. The molecule has 4 heterocycles. The zero-order valence-electron chi connectivity index (χ0n) is 15.9. The van der Waals surface area contributed by atoms with Gasteiger partial charge in [-0.05, 0) is 18.2 Å². The standard InChI is InChI=1S/C18H8Cl2F3N9O/c19-12-1-2-13(20)30-16(12)31-14(18(21,22)23)11(8-28-31)17(33)29-10-5-9(6-24)15(25-7-10)32-26-3-4-27-32/h1-5,7-8H,(H,29,33). The number of nitrogens with one attached hydrogen (secondary N) is 1. The van der Waals surface area contributed by atoms with Gasteiger partial charge in [0.25, 0.3) is 5.91 Å². The van der Waals surface area contributed by atoms with E-state index in [1.165, 1.54) is 30.6 Å². The fourth-order valence-electron chi connectivity index (χ4n) is 2.80. The average Bonchev–Trinajstić information content (AvgIpc) is 3.45. The van der Waals surface area contributed by atoms with Gasteiger partial charge in [-0.25, -0.2) is 14.6 Å². The molecule has 166 valence electrons. The summed E-state index contributed by atoms with van der Waals surface area (Å²) in [6.45, 7) is 0.